The van der Waals surface area contributed by atoms with Crippen molar-refractivity contribution >= 4 is 5.91 Å². The molecule has 0 saturated carbocycles. The van der Waals surface area contributed by atoms with Gasteiger partial charge in [-0.1, -0.05) is 0 Å². The van der Waals surface area contributed by atoms with Gasteiger partial charge in [-0.2, -0.15) is 0 Å². The van der Waals surface area contributed by atoms with E-state index >= 15 is 0 Å². The molecule has 0 spiro atoms. The van der Waals surface area contributed by atoms with Crippen LogP contribution in [0, 0.1) is 0 Å². The lowest BCUT2D eigenvalue weighted by atomic mass is 10.1. The summed E-state index contributed by atoms with van der Waals surface area (Å²) in [5.41, 5.74) is 0. The molecule has 1 fully saturated rings. The molecule has 4 nitrogen and oxygen atoms in total. The molecule has 0 bridgehead atoms. The summed E-state index contributed by atoms with van der Waals surface area (Å²) in [4.78, 5) is 13.5. The van der Waals surface area contributed by atoms with E-state index in [9.17, 15) is 4.79 Å². The first-order valence-corrected chi connectivity index (χ1v) is 4.67. The molecule has 0 aromatic carbocycles. The van der Waals surface area contributed by atoms with Gasteiger partial charge in [-0.3, -0.25) is 4.79 Å². The second kappa shape index (κ2) is 4.58. The van der Waals surface area contributed by atoms with Crippen molar-refractivity contribution in [1.29, 1.82) is 0 Å². The SMILES string of the molecule is COCC(=O)N1[C@H](C)CNC[C@H]1C. The van der Waals surface area contributed by atoms with Crippen molar-refractivity contribution in [2.75, 3.05) is 26.8 Å². The zero-order valence-electron chi connectivity index (χ0n) is 8.54. The molecule has 1 saturated heterocycles. The smallest absolute Gasteiger partial charge is 0.249 e. The molecule has 1 rings (SSSR count). The quantitative estimate of drug-likeness (QED) is 0.651. The minimum atomic E-state index is 0.0870. The minimum Gasteiger partial charge on any atom is -0.375 e. The third-order valence-corrected chi connectivity index (χ3v) is 2.39. The minimum absolute atomic E-state index is 0.0870. The van der Waals surface area contributed by atoms with Gasteiger partial charge in [0.15, 0.2) is 0 Å². The maximum Gasteiger partial charge on any atom is 0.249 e. The summed E-state index contributed by atoms with van der Waals surface area (Å²) in [6, 6.07) is 0.540. The molecule has 4 heteroatoms. The molecule has 0 aromatic rings. The third-order valence-electron chi connectivity index (χ3n) is 2.39. The van der Waals surface area contributed by atoms with Crippen molar-refractivity contribution in [3.63, 3.8) is 0 Å². The highest BCUT2D eigenvalue weighted by atomic mass is 16.5. The lowest BCUT2D eigenvalue weighted by Crippen LogP contribution is -2.58. The number of piperazine rings is 1. The molecule has 1 aliphatic heterocycles. The van der Waals surface area contributed by atoms with Crippen LogP contribution in [0.2, 0.25) is 0 Å². The van der Waals surface area contributed by atoms with Crippen LogP contribution in [0.15, 0.2) is 0 Å². The highest BCUT2D eigenvalue weighted by Gasteiger charge is 2.28. The number of amides is 1. The second-order valence-corrected chi connectivity index (χ2v) is 3.59. The monoisotopic (exact) mass is 186 g/mol. The highest BCUT2D eigenvalue weighted by Crippen LogP contribution is 2.09. The van der Waals surface area contributed by atoms with Gasteiger partial charge < -0.3 is 15.0 Å². The van der Waals surface area contributed by atoms with Gasteiger partial charge in [0.1, 0.15) is 6.61 Å². The third kappa shape index (κ3) is 2.42. The van der Waals surface area contributed by atoms with E-state index < -0.39 is 0 Å². The van der Waals surface area contributed by atoms with Gasteiger partial charge in [-0.25, -0.2) is 0 Å². The summed E-state index contributed by atoms with van der Waals surface area (Å²) in [6.07, 6.45) is 0. The molecule has 0 unspecified atom stereocenters. The first-order valence-electron chi connectivity index (χ1n) is 4.67. The van der Waals surface area contributed by atoms with Crippen LogP contribution >= 0.6 is 0 Å². The van der Waals surface area contributed by atoms with E-state index in [0.717, 1.165) is 13.1 Å². The van der Waals surface area contributed by atoms with Crippen LogP contribution in [-0.4, -0.2) is 49.7 Å². The number of rotatable bonds is 2. The van der Waals surface area contributed by atoms with E-state index in [2.05, 4.69) is 19.2 Å². The highest BCUT2D eigenvalue weighted by molar-refractivity contribution is 5.78. The van der Waals surface area contributed by atoms with E-state index in [0.29, 0.717) is 0 Å². The van der Waals surface area contributed by atoms with Crippen LogP contribution in [0.3, 0.4) is 0 Å². The molecule has 1 amide bonds. The molecular weight excluding hydrogens is 168 g/mol. The summed E-state index contributed by atoms with van der Waals surface area (Å²) in [6.45, 7) is 6.04. The molecule has 76 valence electrons. The van der Waals surface area contributed by atoms with Gasteiger partial charge in [0.2, 0.25) is 5.91 Å². The van der Waals surface area contributed by atoms with Crippen molar-refractivity contribution in [2.24, 2.45) is 0 Å². The molecular formula is C9H18N2O2. The van der Waals surface area contributed by atoms with Gasteiger partial charge in [0.05, 0.1) is 0 Å². The van der Waals surface area contributed by atoms with Gasteiger partial charge >= 0.3 is 0 Å². The Balaban J connectivity index is 2.57. The van der Waals surface area contributed by atoms with Crippen molar-refractivity contribution in [3.8, 4) is 0 Å². The fourth-order valence-electron chi connectivity index (χ4n) is 1.82. The van der Waals surface area contributed by atoms with E-state index in [1.54, 1.807) is 7.11 Å². The number of nitrogens with one attached hydrogen (secondary N) is 1. The predicted molar refractivity (Wildman–Crippen MR) is 50.5 cm³/mol. The van der Waals surface area contributed by atoms with E-state index in [4.69, 9.17) is 4.74 Å². The number of hydrogen-bond donors (Lipinski definition) is 1. The van der Waals surface area contributed by atoms with Gasteiger partial charge in [0, 0.05) is 32.3 Å². The first-order chi connectivity index (χ1) is 6.16. The van der Waals surface area contributed by atoms with Crippen molar-refractivity contribution in [1.82, 2.24) is 10.2 Å². The van der Waals surface area contributed by atoms with Crippen LogP contribution in [-0.2, 0) is 9.53 Å². The Labute approximate surface area is 79.2 Å². The topological polar surface area (TPSA) is 41.6 Å². The van der Waals surface area contributed by atoms with Gasteiger partial charge in [0.25, 0.3) is 0 Å². The Bertz CT molecular complexity index is 174. The first kappa shape index (κ1) is 10.5. The van der Waals surface area contributed by atoms with Gasteiger partial charge in [-0.05, 0) is 13.8 Å². The summed E-state index contributed by atoms with van der Waals surface area (Å²) >= 11 is 0. The lowest BCUT2D eigenvalue weighted by molar-refractivity contribution is -0.140. The zero-order chi connectivity index (χ0) is 9.84. The van der Waals surface area contributed by atoms with E-state index in [1.807, 2.05) is 4.90 Å². The molecule has 0 aliphatic carbocycles. The van der Waals surface area contributed by atoms with Crippen LogP contribution in [0.1, 0.15) is 13.8 Å². The summed E-state index contributed by atoms with van der Waals surface area (Å²) in [5.74, 6) is 0.0870. The molecule has 1 heterocycles. The summed E-state index contributed by atoms with van der Waals surface area (Å²) in [5, 5.41) is 3.28. The fraction of sp³-hybridized carbons (Fsp3) is 0.889. The summed E-state index contributed by atoms with van der Waals surface area (Å²) < 4.78 is 4.84. The maximum absolute atomic E-state index is 11.6. The largest absolute Gasteiger partial charge is 0.375 e. The summed E-state index contributed by atoms with van der Waals surface area (Å²) in [7, 11) is 1.55. The number of carbonyl (C=O) groups excluding carboxylic acids is 1. The number of hydrogen-bond acceptors (Lipinski definition) is 3. The molecule has 1 aliphatic rings. The number of ether oxygens (including phenoxy) is 1. The molecule has 1 N–H and O–H groups in total. The van der Waals surface area contributed by atoms with E-state index in [-0.39, 0.29) is 24.6 Å². The maximum atomic E-state index is 11.6. The molecule has 13 heavy (non-hydrogen) atoms. The molecule has 0 radical (unpaired) electrons. The van der Waals surface area contributed by atoms with Crippen molar-refractivity contribution in [2.45, 2.75) is 25.9 Å². The van der Waals surface area contributed by atoms with Crippen LogP contribution in [0.25, 0.3) is 0 Å². The number of methoxy groups -OCH3 is 1. The standard InChI is InChI=1S/C9H18N2O2/c1-7-4-10-5-8(2)11(7)9(12)6-13-3/h7-8,10H,4-6H2,1-3H3/t7-,8-/m1/s1. The average molecular weight is 186 g/mol. The zero-order valence-corrected chi connectivity index (χ0v) is 8.54. The second-order valence-electron chi connectivity index (χ2n) is 3.59. The van der Waals surface area contributed by atoms with E-state index in [1.165, 1.54) is 0 Å². The Kier molecular flexibility index (Phi) is 3.69. The lowest BCUT2D eigenvalue weighted by Gasteiger charge is -2.39. The normalized spacial score (nSPS) is 29.0. The Morgan fingerprint density at radius 2 is 2.00 bits per heavy atom. The van der Waals surface area contributed by atoms with Crippen molar-refractivity contribution < 1.29 is 9.53 Å². The Hall–Kier alpha value is -0.610. The number of carbonyl (C=O) groups is 1. The van der Waals surface area contributed by atoms with Crippen molar-refractivity contribution in [3.05, 3.63) is 0 Å². The van der Waals surface area contributed by atoms with Crippen LogP contribution in [0.5, 0.6) is 0 Å². The Morgan fingerprint density at radius 3 is 2.46 bits per heavy atom. The molecule has 2 atom stereocenters. The van der Waals surface area contributed by atoms with Crippen LogP contribution < -0.4 is 5.32 Å². The number of nitrogens with zero attached hydrogens (tertiary/aromatic N) is 1. The predicted octanol–water partition coefficient (Wildman–Crippen LogP) is -0.158. The van der Waals surface area contributed by atoms with Gasteiger partial charge in [-0.15, -0.1) is 0 Å². The fourth-order valence-corrected chi connectivity index (χ4v) is 1.82. The van der Waals surface area contributed by atoms with Crippen LogP contribution in [0.4, 0.5) is 0 Å². The Morgan fingerprint density at radius 1 is 1.46 bits per heavy atom. The molecule has 0 aromatic heterocycles. The average Bonchev–Trinajstić information content (AvgIpc) is 2.04.